The minimum absolute atomic E-state index is 0.213. The van der Waals surface area contributed by atoms with Gasteiger partial charge < -0.3 is 10.8 Å². The molecule has 2 aromatic carbocycles. The molecule has 0 aromatic heterocycles. The summed E-state index contributed by atoms with van der Waals surface area (Å²) in [6.07, 6.45) is 1.58. The Morgan fingerprint density at radius 3 is 2.32 bits per heavy atom. The van der Waals surface area contributed by atoms with Crippen molar-refractivity contribution in [3.63, 3.8) is 0 Å². The van der Waals surface area contributed by atoms with Crippen molar-refractivity contribution in [2.75, 3.05) is 5.73 Å². The molecule has 0 saturated heterocycles. The molecule has 0 unspecified atom stereocenters. The van der Waals surface area contributed by atoms with E-state index in [9.17, 15) is 9.90 Å². The molecule has 0 saturated carbocycles. The van der Waals surface area contributed by atoms with E-state index in [1.54, 1.807) is 42.5 Å². The summed E-state index contributed by atoms with van der Waals surface area (Å²) in [5, 5.41) is 9.33. The van der Waals surface area contributed by atoms with Crippen LogP contribution in [0, 0.1) is 0 Å². The standard InChI is InChI=1S/C15H12BrNO2/c16-12-7-5-10(6-8-12)13(15(18)19)9-11-3-1-2-4-14(11)17/h1-9H,17H2,(H,18,19)/b13-9-. The number of nitrogen functional groups attached to an aromatic ring is 1. The number of anilines is 1. The zero-order valence-electron chi connectivity index (χ0n) is 10.0. The van der Waals surface area contributed by atoms with E-state index in [1.165, 1.54) is 0 Å². The van der Waals surface area contributed by atoms with Gasteiger partial charge in [0.15, 0.2) is 0 Å². The van der Waals surface area contributed by atoms with Crippen molar-refractivity contribution < 1.29 is 9.90 Å². The number of carboxylic acids is 1. The summed E-state index contributed by atoms with van der Waals surface area (Å²) in [7, 11) is 0. The van der Waals surface area contributed by atoms with E-state index in [4.69, 9.17) is 5.73 Å². The number of hydrogen-bond donors (Lipinski definition) is 2. The Bertz CT molecular complexity index is 633. The van der Waals surface area contributed by atoms with Crippen LogP contribution in [0.2, 0.25) is 0 Å². The summed E-state index contributed by atoms with van der Waals surface area (Å²) < 4.78 is 0.903. The van der Waals surface area contributed by atoms with Crippen molar-refractivity contribution in [2.24, 2.45) is 0 Å². The summed E-state index contributed by atoms with van der Waals surface area (Å²) in [5.41, 5.74) is 7.93. The van der Waals surface area contributed by atoms with E-state index in [0.29, 0.717) is 16.8 Å². The molecule has 3 nitrogen and oxygen atoms in total. The lowest BCUT2D eigenvalue weighted by Crippen LogP contribution is -2.00. The molecule has 96 valence electrons. The Hall–Kier alpha value is -2.07. The second-order valence-corrected chi connectivity index (χ2v) is 4.91. The molecule has 0 atom stereocenters. The number of carbonyl (C=O) groups is 1. The molecule has 0 bridgehead atoms. The van der Waals surface area contributed by atoms with Crippen molar-refractivity contribution in [1.82, 2.24) is 0 Å². The largest absolute Gasteiger partial charge is 0.478 e. The highest BCUT2D eigenvalue weighted by Crippen LogP contribution is 2.23. The third-order valence-corrected chi connectivity index (χ3v) is 3.21. The van der Waals surface area contributed by atoms with Gasteiger partial charge in [0.05, 0.1) is 5.57 Å². The van der Waals surface area contributed by atoms with Gasteiger partial charge in [0.25, 0.3) is 0 Å². The van der Waals surface area contributed by atoms with Crippen LogP contribution in [0.3, 0.4) is 0 Å². The van der Waals surface area contributed by atoms with E-state index in [2.05, 4.69) is 15.9 Å². The molecule has 0 aliphatic carbocycles. The molecule has 0 amide bonds. The highest BCUT2D eigenvalue weighted by molar-refractivity contribution is 9.10. The van der Waals surface area contributed by atoms with Gasteiger partial charge in [-0.3, -0.25) is 0 Å². The fourth-order valence-electron chi connectivity index (χ4n) is 1.70. The van der Waals surface area contributed by atoms with Crippen LogP contribution in [0.1, 0.15) is 11.1 Å². The number of hydrogen-bond acceptors (Lipinski definition) is 2. The smallest absolute Gasteiger partial charge is 0.336 e. The van der Waals surface area contributed by atoms with Gasteiger partial charge in [0.1, 0.15) is 0 Å². The van der Waals surface area contributed by atoms with Crippen molar-refractivity contribution in [3.05, 3.63) is 64.1 Å². The first-order valence-electron chi connectivity index (χ1n) is 5.63. The molecule has 4 heteroatoms. The molecular formula is C15H12BrNO2. The quantitative estimate of drug-likeness (QED) is 0.516. The molecule has 2 rings (SSSR count). The summed E-state index contributed by atoms with van der Waals surface area (Å²) in [6, 6.07) is 14.3. The maximum atomic E-state index is 11.4. The fourth-order valence-corrected chi connectivity index (χ4v) is 1.96. The Morgan fingerprint density at radius 2 is 1.74 bits per heavy atom. The highest BCUT2D eigenvalue weighted by Gasteiger charge is 2.11. The lowest BCUT2D eigenvalue weighted by Gasteiger charge is -2.05. The number of aliphatic carboxylic acids is 1. The van der Waals surface area contributed by atoms with Crippen molar-refractivity contribution >= 4 is 39.2 Å². The van der Waals surface area contributed by atoms with Crippen molar-refractivity contribution in [2.45, 2.75) is 0 Å². The predicted molar refractivity (Wildman–Crippen MR) is 80.5 cm³/mol. The number of para-hydroxylation sites is 1. The third kappa shape index (κ3) is 3.23. The number of rotatable bonds is 3. The average Bonchev–Trinajstić information content (AvgIpc) is 2.39. The van der Waals surface area contributed by atoms with E-state index in [0.717, 1.165) is 4.47 Å². The molecule has 0 aliphatic heterocycles. The van der Waals surface area contributed by atoms with Crippen LogP contribution in [-0.2, 0) is 4.79 Å². The molecule has 0 aliphatic rings. The number of nitrogens with two attached hydrogens (primary N) is 1. The number of halogens is 1. The van der Waals surface area contributed by atoms with Crippen LogP contribution in [0.5, 0.6) is 0 Å². The predicted octanol–water partition coefficient (Wildman–Crippen LogP) is 3.66. The SMILES string of the molecule is Nc1ccccc1/C=C(\C(=O)O)c1ccc(Br)cc1. The fraction of sp³-hybridized carbons (Fsp3) is 0. The van der Waals surface area contributed by atoms with Gasteiger partial charge in [-0.05, 0) is 35.4 Å². The van der Waals surface area contributed by atoms with Gasteiger partial charge in [-0.25, -0.2) is 4.79 Å². The van der Waals surface area contributed by atoms with Crippen molar-refractivity contribution in [3.8, 4) is 0 Å². The van der Waals surface area contributed by atoms with Crippen LogP contribution >= 0.6 is 15.9 Å². The molecule has 0 fully saturated rings. The Labute approximate surface area is 119 Å². The topological polar surface area (TPSA) is 63.3 Å². The maximum Gasteiger partial charge on any atom is 0.336 e. The van der Waals surface area contributed by atoms with Gasteiger partial charge in [-0.2, -0.15) is 0 Å². The highest BCUT2D eigenvalue weighted by atomic mass is 79.9. The molecule has 2 aromatic rings. The normalized spacial score (nSPS) is 11.3. The summed E-state index contributed by atoms with van der Waals surface area (Å²) >= 11 is 3.32. The van der Waals surface area contributed by atoms with Crippen LogP contribution in [0.25, 0.3) is 11.6 Å². The average molecular weight is 318 g/mol. The minimum Gasteiger partial charge on any atom is -0.478 e. The molecule has 0 spiro atoms. The van der Waals surface area contributed by atoms with E-state index >= 15 is 0 Å². The molecule has 19 heavy (non-hydrogen) atoms. The molecule has 0 radical (unpaired) electrons. The van der Waals surface area contributed by atoms with Gasteiger partial charge in [0, 0.05) is 10.2 Å². The Morgan fingerprint density at radius 1 is 1.11 bits per heavy atom. The number of benzene rings is 2. The first-order chi connectivity index (χ1) is 9.08. The van der Waals surface area contributed by atoms with Crippen LogP contribution in [0.15, 0.2) is 53.0 Å². The summed E-state index contributed by atoms with van der Waals surface area (Å²) in [5.74, 6) is -0.981. The van der Waals surface area contributed by atoms with Gasteiger partial charge >= 0.3 is 5.97 Å². The molecular weight excluding hydrogens is 306 g/mol. The molecule has 0 heterocycles. The lowest BCUT2D eigenvalue weighted by atomic mass is 10.0. The van der Waals surface area contributed by atoms with Gasteiger partial charge in [-0.1, -0.05) is 46.3 Å². The Kier molecular flexibility index (Phi) is 4.02. The van der Waals surface area contributed by atoms with Gasteiger partial charge in [-0.15, -0.1) is 0 Å². The van der Waals surface area contributed by atoms with Crippen LogP contribution in [-0.4, -0.2) is 11.1 Å². The van der Waals surface area contributed by atoms with E-state index < -0.39 is 5.97 Å². The van der Waals surface area contributed by atoms with Crippen LogP contribution in [0.4, 0.5) is 5.69 Å². The van der Waals surface area contributed by atoms with Crippen LogP contribution < -0.4 is 5.73 Å². The Balaban J connectivity index is 2.50. The second-order valence-electron chi connectivity index (χ2n) is 4.00. The third-order valence-electron chi connectivity index (χ3n) is 2.68. The van der Waals surface area contributed by atoms with Gasteiger partial charge in [0.2, 0.25) is 0 Å². The summed E-state index contributed by atoms with van der Waals surface area (Å²) in [6.45, 7) is 0. The lowest BCUT2D eigenvalue weighted by molar-refractivity contribution is -0.130. The minimum atomic E-state index is -0.981. The summed E-state index contributed by atoms with van der Waals surface area (Å²) in [4.78, 5) is 11.4. The van der Waals surface area contributed by atoms with Crippen molar-refractivity contribution in [1.29, 1.82) is 0 Å². The monoisotopic (exact) mass is 317 g/mol. The second kappa shape index (κ2) is 5.71. The first kappa shape index (κ1) is 13.4. The molecule has 3 N–H and O–H groups in total. The first-order valence-corrected chi connectivity index (χ1v) is 6.42. The maximum absolute atomic E-state index is 11.4. The zero-order chi connectivity index (χ0) is 13.8. The van der Waals surface area contributed by atoms with E-state index in [-0.39, 0.29) is 5.57 Å². The van der Waals surface area contributed by atoms with E-state index in [1.807, 2.05) is 12.1 Å². The number of carboxylic acid groups (broad SMARTS) is 1. The zero-order valence-corrected chi connectivity index (χ0v) is 11.6.